The first-order valence-electron chi connectivity index (χ1n) is 7.99. The molecule has 0 aliphatic heterocycles. The Labute approximate surface area is 115 Å². The van der Waals surface area contributed by atoms with Crippen molar-refractivity contribution in [2.45, 2.75) is 90.0 Å². The molecule has 0 amide bonds. The summed E-state index contributed by atoms with van der Waals surface area (Å²) in [6.45, 7) is 11.9. The molecular weight excluding hydrogens is 236 g/mol. The van der Waals surface area contributed by atoms with Gasteiger partial charge in [-0.1, -0.05) is 46.5 Å². The van der Waals surface area contributed by atoms with Crippen molar-refractivity contribution in [1.29, 1.82) is 0 Å². The second-order valence-corrected chi connectivity index (χ2v) is 12.8. The molecule has 2 saturated carbocycles. The lowest BCUT2D eigenvalue weighted by molar-refractivity contribution is 0.0187. The van der Waals surface area contributed by atoms with Crippen molar-refractivity contribution in [1.82, 2.24) is 0 Å². The smallest absolute Gasteiger partial charge is 0.192 e. The minimum Gasteiger partial charge on any atom is -0.414 e. The van der Waals surface area contributed by atoms with E-state index in [0.717, 1.165) is 11.8 Å². The van der Waals surface area contributed by atoms with E-state index in [1.807, 2.05) is 0 Å². The Balaban J connectivity index is 2.03. The highest BCUT2D eigenvalue weighted by atomic mass is 28.4. The summed E-state index contributed by atoms with van der Waals surface area (Å²) in [6.07, 6.45) is 10.6. The maximum Gasteiger partial charge on any atom is 0.192 e. The van der Waals surface area contributed by atoms with Gasteiger partial charge in [0.25, 0.3) is 0 Å². The Bertz CT molecular complexity index is 277. The molecule has 3 unspecified atom stereocenters. The molecule has 0 bridgehead atoms. The number of fused-ring (bicyclic) bond motifs is 1. The van der Waals surface area contributed by atoms with Crippen LogP contribution in [0.4, 0.5) is 0 Å². The van der Waals surface area contributed by atoms with Gasteiger partial charge in [0.1, 0.15) is 0 Å². The zero-order valence-corrected chi connectivity index (χ0v) is 14.1. The molecule has 1 nitrogen and oxygen atoms in total. The third-order valence-corrected chi connectivity index (χ3v) is 10.3. The average Bonchev–Trinajstić information content (AvgIpc) is 2.27. The molecule has 3 atom stereocenters. The van der Waals surface area contributed by atoms with Crippen LogP contribution in [0.25, 0.3) is 0 Å². The lowest BCUT2D eigenvalue weighted by Crippen LogP contribution is -2.48. The molecule has 2 fully saturated rings. The monoisotopic (exact) mass is 268 g/mol. The number of rotatable bonds is 2. The van der Waals surface area contributed by atoms with Crippen LogP contribution in [0.2, 0.25) is 18.1 Å². The SMILES string of the molecule is CC(C)(C)[Si](C)(C)OC1CCCC2CCCCC21. The summed E-state index contributed by atoms with van der Waals surface area (Å²) >= 11 is 0. The molecule has 0 aromatic rings. The Morgan fingerprint density at radius 3 is 2.17 bits per heavy atom. The molecule has 106 valence electrons. The summed E-state index contributed by atoms with van der Waals surface area (Å²) in [5.41, 5.74) is 0. The molecule has 0 aromatic carbocycles. The van der Waals surface area contributed by atoms with Gasteiger partial charge in [-0.05, 0) is 49.2 Å². The standard InChI is InChI=1S/C16H32OSi/c1-16(2,3)18(4,5)17-15-12-8-10-13-9-6-7-11-14(13)15/h13-15H,6-12H2,1-5H3. The lowest BCUT2D eigenvalue weighted by atomic mass is 9.69. The van der Waals surface area contributed by atoms with Gasteiger partial charge in [-0.15, -0.1) is 0 Å². The van der Waals surface area contributed by atoms with E-state index in [4.69, 9.17) is 4.43 Å². The number of hydrogen-bond donors (Lipinski definition) is 0. The van der Waals surface area contributed by atoms with Crippen molar-refractivity contribution in [3.63, 3.8) is 0 Å². The minimum atomic E-state index is -1.57. The molecule has 0 aromatic heterocycles. The molecule has 0 saturated heterocycles. The van der Waals surface area contributed by atoms with Crippen LogP contribution in [0.1, 0.15) is 65.7 Å². The van der Waals surface area contributed by atoms with Gasteiger partial charge >= 0.3 is 0 Å². The topological polar surface area (TPSA) is 9.23 Å². The van der Waals surface area contributed by atoms with Gasteiger partial charge < -0.3 is 4.43 Å². The second-order valence-electron chi connectivity index (χ2n) is 8.06. The van der Waals surface area contributed by atoms with Gasteiger partial charge in [0, 0.05) is 6.10 Å². The predicted molar refractivity (Wildman–Crippen MR) is 81.4 cm³/mol. The average molecular weight is 269 g/mol. The minimum absolute atomic E-state index is 0.356. The Hall–Kier alpha value is 0.177. The van der Waals surface area contributed by atoms with Crippen LogP contribution in [0, 0.1) is 11.8 Å². The fourth-order valence-electron chi connectivity index (χ4n) is 3.58. The summed E-state index contributed by atoms with van der Waals surface area (Å²) in [5, 5.41) is 0.356. The summed E-state index contributed by atoms with van der Waals surface area (Å²) in [6, 6.07) is 0. The molecule has 18 heavy (non-hydrogen) atoms. The largest absolute Gasteiger partial charge is 0.414 e. The van der Waals surface area contributed by atoms with E-state index in [1.165, 1.54) is 44.9 Å². The second kappa shape index (κ2) is 5.28. The predicted octanol–water partition coefficient (Wildman–Crippen LogP) is 5.37. The first kappa shape index (κ1) is 14.6. The fourth-order valence-corrected chi connectivity index (χ4v) is 4.98. The zero-order chi connectivity index (χ0) is 13.4. The van der Waals surface area contributed by atoms with Crippen LogP contribution < -0.4 is 0 Å². The van der Waals surface area contributed by atoms with E-state index in [0.29, 0.717) is 11.1 Å². The van der Waals surface area contributed by atoms with Crippen molar-refractivity contribution in [3.8, 4) is 0 Å². The Kier molecular flexibility index (Phi) is 4.28. The highest BCUT2D eigenvalue weighted by Gasteiger charge is 2.43. The van der Waals surface area contributed by atoms with Gasteiger partial charge in [0.15, 0.2) is 8.32 Å². The lowest BCUT2D eigenvalue weighted by Gasteiger charge is -2.47. The van der Waals surface area contributed by atoms with Crippen LogP contribution >= 0.6 is 0 Å². The summed E-state index contributed by atoms with van der Waals surface area (Å²) in [7, 11) is -1.57. The van der Waals surface area contributed by atoms with Crippen molar-refractivity contribution >= 4 is 8.32 Å². The van der Waals surface area contributed by atoms with Gasteiger partial charge in [-0.25, -0.2) is 0 Å². The van der Waals surface area contributed by atoms with Gasteiger partial charge in [-0.3, -0.25) is 0 Å². The van der Waals surface area contributed by atoms with Gasteiger partial charge in [0.05, 0.1) is 0 Å². The highest BCUT2D eigenvalue weighted by molar-refractivity contribution is 6.74. The van der Waals surface area contributed by atoms with E-state index in [1.54, 1.807) is 0 Å². The molecule has 0 N–H and O–H groups in total. The maximum atomic E-state index is 6.75. The molecule has 2 aliphatic rings. The first-order chi connectivity index (χ1) is 8.31. The zero-order valence-electron chi connectivity index (χ0n) is 13.1. The highest BCUT2D eigenvalue weighted by Crippen LogP contribution is 2.45. The van der Waals surface area contributed by atoms with Crippen LogP contribution in [-0.2, 0) is 4.43 Å². The Morgan fingerprint density at radius 2 is 1.50 bits per heavy atom. The molecule has 0 spiro atoms. The third kappa shape index (κ3) is 3.01. The van der Waals surface area contributed by atoms with E-state index < -0.39 is 8.32 Å². The third-order valence-electron chi connectivity index (χ3n) is 5.76. The molecule has 0 radical (unpaired) electrons. The van der Waals surface area contributed by atoms with Gasteiger partial charge in [0.2, 0.25) is 0 Å². The molecule has 2 heteroatoms. The number of hydrogen-bond acceptors (Lipinski definition) is 1. The van der Waals surface area contributed by atoms with Crippen molar-refractivity contribution in [2.24, 2.45) is 11.8 Å². The summed E-state index contributed by atoms with van der Waals surface area (Å²) < 4.78 is 6.75. The van der Waals surface area contributed by atoms with Crippen molar-refractivity contribution in [2.75, 3.05) is 0 Å². The van der Waals surface area contributed by atoms with E-state index in [9.17, 15) is 0 Å². The van der Waals surface area contributed by atoms with Crippen LogP contribution in [0.3, 0.4) is 0 Å². The van der Waals surface area contributed by atoms with Crippen molar-refractivity contribution in [3.05, 3.63) is 0 Å². The van der Waals surface area contributed by atoms with E-state index in [-0.39, 0.29) is 0 Å². The molecule has 2 rings (SSSR count). The van der Waals surface area contributed by atoms with Crippen LogP contribution in [-0.4, -0.2) is 14.4 Å². The summed E-state index contributed by atoms with van der Waals surface area (Å²) in [5.74, 6) is 1.88. The van der Waals surface area contributed by atoms with Gasteiger partial charge in [-0.2, -0.15) is 0 Å². The quantitative estimate of drug-likeness (QED) is 0.612. The van der Waals surface area contributed by atoms with Crippen LogP contribution in [0.5, 0.6) is 0 Å². The molecule has 2 aliphatic carbocycles. The maximum absolute atomic E-state index is 6.75. The first-order valence-corrected chi connectivity index (χ1v) is 10.9. The molecular formula is C16H32OSi. The van der Waals surface area contributed by atoms with E-state index in [2.05, 4.69) is 33.9 Å². The van der Waals surface area contributed by atoms with Crippen molar-refractivity contribution < 1.29 is 4.43 Å². The fraction of sp³-hybridized carbons (Fsp3) is 1.00. The molecule has 0 heterocycles. The van der Waals surface area contributed by atoms with Crippen LogP contribution in [0.15, 0.2) is 0 Å². The normalized spacial score (nSPS) is 34.2. The summed E-state index contributed by atoms with van der Waals surface area (Å²) in [4.78, 5) is 0. The van der Waals surface area contributed by atoms with E-state index >= 15 is 0 Å². The Morgan fingerprint density at radius 1 is 0.889 bits per heavy atom.